The molecule has 0 saturated heterocycles. The summed E-state index contributed by atoms with van der Waals surface area (Å²) >= 11 is 9.45. The number of hydrogen-bond donors (Lipinski definition) is 0. The minimum Gasteiger partial charge on any atom is -0.465 e. The summed E-state index contributed by atoms with van der Waals surface area (Å²) in [6, 6.07) is 14.0. The van der Waals surface area contributed by atoms with Crippen LogP contribution < -0.4 is 0 Å². The van der Waals surface area contributed by atoms with Crippen LogP contribution in [0.25, 0.3) is 16.9 Å². The summed E-state index contributed by atoms with van der Waals surface area (Å²) in [5.41, 5.74) is 1.44. The fourth-order valence-corrected chi connectivity index (χ4v) is 3.50. The molecule has 2 aromatic carbocycles. The minimum atomic E-state index is -0.705. The van der Waals surface area contributed by atoms with E-state index in [-0.39, 0.29) is 17.0 Å². The van der Waals surface area contributed by atoms with Gasteiger partial charge in [-0.05, 0) is 24.3 Å². The number of halogens is 2. The molecule has 0 bridgehead atoms. The van der Waals surface area contributed by atoms with E-state index in [0.29, 0.717) is 20.7 Å². The van der Waals surface area contributed by atoms with Crippen LogP contribution >= 0.6 is 27.5 Å². The molecule has 0 aliphatic heterocycles. The third-order valence-corrected chi connectivity index (χ3v) is 4.73. The lowest BCUT2D eigenvalue weighted by Crippen LogP contribution is -2.15. The second-order valence-corrected chi connectivity index (χ2v) is 6.72. The van der Waals surface area contributed by atoms with Gasteiger partial charge in [-0.1, -0.05) is 51.8 Å². The number of aromatic nitrogens is 2. The Labute approximate surface area is 168 Å². The van der Waals surface area contributed by atoms with Gasteiger partial charge >= 0.3 is 11.9 Å². The quantitative estimate of drug-likeness (QED) is 0.547. The molecule has 8 heteroatoms. The Morgan fingerprint density at radius 2 is 1.70 bits per heavy atom. The van der Waals surface area contributed by atoms with Crippen molar-refractivity contribution in [2.45, 2.75) is 0 Å². The lowest BCUT2D eigenvalue weighted by Gasteiger charge is -2.07. The molecule has 138 valence electrons. The standard InChI is InChI=1S/C19H14BrClN2O4/c1-26-18(24)15-16(13-9-8-11(21)10-14(13)20)22-23(17(15)19(25)27-2)12-6-4-3-5-7-12/h3-10H,1-2H3. The maximum atomic E-state index is 12.5. The first kappa shape index (κ1) is 19.1. The molecule has 1 aromatic heterocycles. The molecule has 0 N–H and O–H groups in total. The second-order valence-electron chi connectivity index (χ2n) is 5.43. The summed E-state index contributed by atoms with van der Waals surface area (Å²) in [5.74, 6) is -1.41. The molecular formula is C19H14BrClN2O4. The topological polar surface area (TPSA) is 70.4 Å². The molecule has 0 aliphatic rings. The lowest BCUT2D eigenvalue weighted by molar-refractivity contribution is 0.0549. The molecule has 6 nitrogen and oxygen atoms in total. The first-order chi connectivity index (χ1) is 13.0. The fraction of sp³-hybridized carbons (Fsp3) is 0.105. The minimum absolute atomic E-state index is 0.0104. The summed E-state index contributed by atoms with van der Waals surface area (Å²) in [6.45, 7) is 0. The Morgan fingerprint density at radius 1 is 1.04 bits per heavy atom. The monoisotopic (exact) mass is 448 g/mol. The summed E-state index contributed by atoms with van der Waals surface area (Å²) in [5, 5.41) is 5.04. The highest BCUT2D eigenvalue weighted by atomic mass is 79.9. The summed E-state index contributed by atoms with van der Waals surface area (Å²) in [6.07, 6.45) is 0. The van der Waals surface area contributed by atoms with Gasteiger partial charge in [0.25, 0.3) is 0 Å². The van der Waals surface area contributed by atoms with Crippen LogP contribution in [0.5, 0.6) is 0 Å². The van der Waals surface area contributed by atoms with Gasteiger partial charge < -0.3 is 9.47 Å². The van der Waals surface area contributed by atoms with Crippen molar-refractivity contribution < 1.29 is 19.1 Å². The number of rotatable bonds is 4. The molecule has 0 amide bonds. The molecule has 0 aliphatic carbocycles. The Hall–Kier alpha value is -2.64. The van der Waals surface area contributed by atoms with Crippen molar-refractivity contribution in [1.82, 2.24) is 9.78 Å². The van der Waals surface area contributed by atoms with Crippen LogP contribution in [0.15, 0.2) is 53.0 Å². The molecule has 0 unspecified atom stereocenters. The molecule has 0 saturated carbocycles. The van der Waals surface area contributed by atoms with Crippen molar-refractivity contribution in [3.8, 4) is 16.9 Å². The SMILES string of the molecule is COC(=O)c1c(-c2ccc(Cl)cc2Br)nn(-c2ccccc2)c1C(=O)OC. The molecule has 3 rings (SSSR count). The summed E-state index contributed by atoms with van der Waals surface area (Å²) in [7, 11) is 2.48. The van der Waals surface area contributed by atoms with Crippen molar-refractivity contribution in [3.05, 3.63) is 69.3 Å². The fourth-order valence-electron chi connectivity index (χ4n) is 2.62. The van der Waals surface area contributed by atoms with Crippen molar-refractivity contribution in [2.24, 2.45) is 0 Å². The number of ether oxygens (including phenoxy) is 2. The first-order valence-electron chi connectivity index (χ1n) is 7.78. The van der Waals surface area contributed by atoms with E-state index in [1.54, 1.807) is 42.5 Å². The van der Waals surface area contributed by atoms with Crippen LogP contribution in [0.3, 0.4) is 0 Å². The van der Waals surface area contributed by atoms with Crippen molar-refractivity contribution >= 4 is 39.5 Å². The Morgan fingerprint density at radius 3 is 2.30 bits per heavy atom. The van der Waals surface area contributed by atoms with Gasteiger partial charge in [0.1, 0.15) is 11.3 Å². The van der Waals surface area contributed by atoms with Crippen LogP contribution in [0.2, 0.25) is 5.02 Å². The van der Waals surface area contributed by atoms with Crippen LogP contribution in [0.4, 0.5) is 0 Å². The Bertz CT molecular complexity index is 1020. The van der Waals surface area contributed by atoms with Gasteiger partial charge in [0.05, 0.1) is 19.9 Å². The smallest absolute Gasteiger partial charge is 0.357 e. The van der Waals surface area contributed by atoms with Gasteiger partial charge in [-0.25, -0.2) is 14.3 Å². The number of benzene rings is 2. The van der Waals surface area contributed by atoms with Crippen molar-refractivity contribution in [2.75, 3.05) is 14.2 Å². The number of methoxy groups -OCH3 is 2. The van der Waals surface area contributed by atoms with E-state index in [9.17, 15) is 9.59 Å². The maximum absolute atomic E-state index is 12.5. The van der Waals surface area contributed by atoms with Crippen LogP contribution in [-0.4, -0.2) is 35.9 Å². The Balaban J connectivity index is 2.38. The second kappa shape index (κ2) is 7.94. The number of esters is 2. The average Bonchev–Trinajstić information content (AvgIpc) is 3.07. The largest absolute Gasteiger partial charge is 0.465 e. The van der Waals surface area contributed by atoms with E-state index < -0.39 is 11.9 Å². The van der Waals surface area contributed by atoms with Crippen LogP contribution in [-0.2, 0) is 9.47 Å². The molecular weight excluding hydrogens is 436 g/mol. The maximum Gasteiger partial charge on any atom is 0.357 e. The highest BCUT2D eigenvalue weighted by Gasteiger charge is 2.31. The Kier molecular flexibility index (Phi) is 5.62. The zero-order valence-electron chi connectivity index (χ0n) is 14.4. The third-order valence-electron chi connectivity index (χ3n) is 3.84. The highest BCUT2D eigenvalue weighted by Crippen LogP contribution is 2.35. The van der Waals surface area contributed by atoms with Crippen LogP contribution in [0.1, 0.15) is 20.8 Å². The molecule has 3 aromatic rings. The average molecular weight is 450 g/mol. The van der Waals surface area contributed by atoms with Crippen molar-refractivity contribution in [1.29, 1.82) is 0 Å². The van der Waals surface area contributed by atoms with E-state index in [4.69, 9.17) is 21.1 Å². The number of para-hydroxylation sites is 1. The predicted molar refractivity (Wildman–Crippen MR) is 104 cm³/mol. The van der Waals surface area contributed by atoms with Crippen molar-refractivity contribution in [3.63, 3.8) is 0 Å². The molecule has 1 heterocycles. The zero-order chi connectivity index (χ0) is 19.6. The number of carbonyl (C=O) groups excluding carboxylic acids is 2. The van der Waals surface area contributed by atoms with E-state index in [1.165, 1.54) is 18.9 Å². The van der Waals surface area contributed by atoms with Gasteiger partial charge in [-0.2, -0.15) is 5.10 Å². The van der Waals surface area contributed by atoms with Gasteiger partial charge in [-0.15, -0.1) is 0 Å². The van der Waals surface area contributed by atoms with E-state index in [0.717, 1.165) is 0 Å². The third kappa shape index (κ3) is 3.61. The first-order valence-corrected chi connectivity index (χ1v) is 8.95. The molecule has 0 atom stereocenters. The molecule has 0 radical (unpaired) electrons. The predicted octanol–water partition coefficient (Wildman–Crippen LogP) is 4.53. The van der Waals surface area contributed by atoms with E-state index in [1.807, 2.05) is 6.07 Å². The molecule has 0 fully saturated rings. The summed E-state index contributed by atoms with van der Waals surface area (Å²) < 4.78 is 11.8. The van der Waals surface area contributed by atoms with E-state index >= 15 is 0 Å². The van der Waals surface area contributed by atoms with E-state index in [2.05, 4.69) is 21.0 Å². The number of hydrogen-bond acceptors (Lipinski definition) is 5. The van der Waals surface area contributed by atoms with Crippen LogP contribution in [0, 0.1) is 0 Å². The summed E-state index contributed by atoms with van der Waals surface area (Å²) in [4.78, 5) is 25.1. The molecule has 27 heavy (non-hydrogen) atoms. The van der Waals surface area contributed by atoms with Gasteiger partial charge in [-0.3, -0.25) is 0 Å². The van der Waals surface area contributed by atoms with Gasteiger partial charge in [0, 0.05) is 15.1 Å². The molecule has 0 spiro atoms. The zero-order valence-corrected chi connectivity index (χ0v) is 16.7. The number of nitrogens with zero attached hydrogens (tertiary/aromatic N) is 2. The normalized spacial score (nSPS) is 10.5. The van der Waals surface area contributed by atoms with Gasteiger partial charge in [0.15, 0.2) is 5.69 Å². The van der Waals surface area contributed by atoms with Gasteiger partial charge in [0.2, 0.25) is 0 Å². The lowest BCUT2D eigenvalue weighted by atomic mass is 10.1. The highest BCUT2D eigenvalue weighted by molar-refractivity contribution is 9.10. The number of carbonyl (C=O) groups is 2.